The number of carbonyl (C=O) groups excluding carboxylic acids is 1. The van der Waals surface area contributed by atoms with E-state index in [4.69, 9.17) is 0 Å². The maximum atomic E-state index is 14.2. The summed E-state index contributed by atoms with van der Waals surface area (Å²) < 4.78 is 1.00. The Morgan fingerprint density at radius 1 is 0.778 bits per heavy atom. The standard InChI is InChI=1S/C25H32NO/c1-20-19-26(17-11-3-4-12-18-26)21(2)24(27)25(20,22-13-7-5-8-14-22)23-15-9-6-10-16-23/h5-10,13-16,20-21H,3-4,11-12,17-19H2,1-2H3/q+1. The van der Waals surface area contributed by atoms with Crippen LogP contribution in [0.5, 0.6) is 0 Å². The summed E-state index contributed by atoms with van der Waals surface area (Å²) in [5.74, 6) is 0.699. The molecule has 2 heterocycles. The number of ketones is 1. The van der Waals surface area contributed by atoms with Crippen LogP contribution in [0.15, 0.2) is 60.7 Å². The third-order valence-corrected chi connectivity index (χ3v) is 7.38. The Bertz CT molecular complexity index is 735. The van der Waals surface area contributed by atoms with Gasteiger partial charge in [-0.25, -0.2) is 0 Å². The van der Waals surface area contributed by atoms with Crippen LogP contribution in [-0.4, -0.2) is 35.9 Å². The molecule has 2 aromatic carbocycles. The maximum Gasteiger partial charge on any atom is 0.204 e. The zero-order valence-electron chi connectivity index (χ0n) is 16.7. The van der Waals surface area contributed by atoms with E-state index in [2.05, 4.69) is 62.4 Å². The molecule has 1 spiro atoms. The van der Waals surface area contributed by atoms with Gasteiger partial charge >= 0.3 is 0 Å². The molecule has 4 rings (SSSR count). The molecule has 2 nitrogen and oxygen atoms in total. The number of nitrogens with zero attached hydrogens (tertiary/aromatic N) is 1. The number of quaternary nitrogens is 1. The van der Waals surface area contributed by atoms with Crippen molar-refractivity contribution in [2.24, 2.45) is 5.92 Å². The molecule has 0 N–H and O–H groups in total. The van der Waals surface area contributed by atoms with Crippen LogP contribution in [0.3, 0.4) is 0 Å². The average Bonchev–Trinajstić information content (AvgIpc) is 2.95. The first kappa shape index (κ1) is 18.4. The van der Waals surface area contributed by atoms with Gasteiger partial charge in [0.05, 0.1) is 25.0 Å². The molecule has 2 atom stereocenters. The van der Waals surface area contributed by atoms with E-state index >= 15 is 0 Å². The fourth-order valence-corrected chi connectivity index (χ4v) is 5.97. The molecule has 0 aliphatic carbocycles. The van der Waals surface area contributed by atoms with Gasteiger partial charge in [0.1, 0.15) is 6.04 Å². The van der Waals surface area contributed by atoms with Crippen molar-refractivity contribution >= 4 is 5.78 Å². The molecule has 2 heteroatoms. The second kappa shape index (κ2) is 7.24. The van der Waals surface area contributed by atoms with Crippen LogP contribution >= 0.6 is 0 Å². The number of carbonyl (C=O) groups is 1. The Hall–Kier alpha value is -1.93. The van der Waals surface area contributed by atoms with Crippen molar-refractivity contribution in [2.45, 2.75) is 51.0 Å². The van der Waals surface area contributed by atoms with Crippen molar-refractivity contribution in [3.05, 3.63) is 71.8 Å². The SMILES string of the molecule is CC1C[N+]2(CCCCCC2)C(C)C(=O)C1(c1ccccc1)c1ccccc1. The molecule has 27 heavy (non-hydrogen) atoms. The van der Waals surface area contributed by atoms with Gasteiger partial charge in [0.15, 0.2) is 0 Å². The van der Waals surface area contributed by atoms with Crippen molar-refractivity contribution in [3.63, 3.8) is 0 Å². The Kier molecular flexibility index (Phi) is 4.94. The fourth-order valence-electron chi connectivity index (χ4n) is 5.97. The maximum absolute atomic E-state index is 14.2. The molecular formula is C25H32NO+. The molecule has 142 valence electrons. The number of rotatable bonds is 2. The van der Waals surface area contributed by atoms with Crippen LogP contribution in [-0.2, 0) is 10.2 Å². The first-order valence-corrected chi connectivity index (χ1v) is 10.6. The predicted octanol–water partition coefficient (Wildman–Crippen LogP) is 4.97. The van der Waals surface area contributed by atoms with E-state index in [1.54, 1.807) is 0 Å². The summed E-state index contributed by atoms with van der Waals surface area (Å²) in [6.07, 6.45) is 5.15. The van der Waals surface area contributed by atoms with Crippen LogP contribution in [0.4, 0.5) is 0 Å². The fraction of sp³-hybridized carbons (Fsp3) is 0.480. The monoisotopic (exact) mass is 362 g/mol. The minimum atomic E-state index is -0.530. The van der Waals surface area contributed by atoms with Crippen LogP contribution in [0, 0.1) is 5.92 Å². The Balaban J connectivity index is 1.87. The van der Waals surface area contributed by atoms with E-state index in [0.717, 1.165) is 35.2 Å². The van der Waals surface area contributed by atoms with Gasteiger partial charge in [0.2, 0.25) is 5.78 Å². The normalized spacial score (nSPS) is 27.3. The molecule has 2 aromatic rings. The topological polar surface area (TPSA) is 17.1 Å². The van der Waals surface area contributed by atoms with Crippen molar-refractivity contribution in [2.75, 3.05) is 19.6 Å². The van der Waals surface area contributed by atoms with E-state index < -0.39 is 5.41 Å². The average molecular weight is 363 g/mol. The van der Waals surface area contributed by atoms with Gasteiger partial charge in [-0.1, -0.05) is 67.6 Å². The number of hydrogen-bond donors (Lipinski definition) is 0. The van der Waals surface area contributed by atoms with Crippen molar-refractivity contribution in [1.82, 2.24) is 0 Å². The molecule has 2 saturated heterocycles. The van der Waals surface area contributed by atoms with Crippen LogP contribution in [0.25, 0.3) is 0 Å². The third-order valence-electron chi connectivity index (χ3n) is 7.38. The minimum absolute atomic E-state index is 0.0553. The lowest BCUT2D eigenvalue weighted by molar-refractivity contribution is -0.946. The smallest absolute Gasteiger partial charge is 0.204 e. The van der Waals surface area contributed by atoms with E-state index in [1.807, 2.05) is 12.1 Å². The predicted molar refractivity (Wildman–Crippen MR) is 111 cm³/mol. The lowest BCUT2D eigenvalue weighted by atomic mass is 9.59. The van der Waals surface area contributed by atoms with Gasteiger partial charge in [-0.15, -0.1) is 0 Å². The third kappa shape index (κ3) is 2.86. The van der Waals surface area contributed by atoms with Gasteiger partial charge in [-0.05, 0) is 43.7 Å². The van der Waals surface area contributed by atoms with E-state index in [-0.39, 0.29) is 12.0 Å². The van der Waals surface area contributed by atoms with Gasteiger partial charge in [0.25, 0.3) is 0 Å². The molecule has 0 bridgehead atoms. The van der Waals surface area contributed by atoms with Crippen molar-refractivity contribution in [3.8, 4) is 0 Å². The largest absolute Gasteiger partial charge is 0.315 e. The number of hydrogen-bond acceptors (Lipinski definition) is 1. The second-order valence-corrected chi connectivity index (χ2v) is 8.74. The van der Waals surface area contributed by atoms with Crippen molar-refractivity contribution in [1.29, 1.82) is 0 Å². The molecular weight excluding hydrogens is 330 g/mol. The summed E-state index contributed by atoms with van der Waals surface area (Å²) in [5, 5.41) is 0. The van der Waals surface area contributed by atoms with E-state index in [1.165, 1.54) is 25.7 Å². The summed E-state index contributed by atoms with van der Waals surface area (Å²) >= 11 is 0. The van der Waals surface area contributed by atoms with Crippen LogP contribution in [0.1, 0.15) is 50.7 Å². The number of benzene rings is 2. The molecule has 2 fully saturated rings. The number of piperidine rings is 1. The van der Waals surface area contributed by atoms with Gasteiger partial charge in [0, 0.05) is 5.92 Å². The Labute approximate surface area is 163 Å². The highest BCUT2D eigenvalue weighted by Gasteiger charge is 2.59. The Morgan fingerprint density at radius 3 is 1.74 bits per heavy atom. The summed E-state index contributed by atoms with van der Waals surface area (Å²) in [4.78, 5) is 14.2. The molecule has 0 amide bonds. The van der Waals surface area contributed by atoms with Gasteiger partial charge in [-0.2, -0.15) is 0 Å². The molecule has 0 aromatic heterocycles. The highest BCUT2D eigenvalue weighted by molar-refractivity contribution is 5.97. The summed E-state index contributed by atoms with van der Waals surface area (Å²) in [5.41, 5.74) is 1.79. The molecule has 2 unspecified atom stereocenters. The van der Waals surface area contributed by atoms with Crippen molar-refractivity contribution < 1.29 is 9.28 Å². The zero-order chi connectivity index (χ0) is 18.9. The summed E-state index contributed by atoms with van der Waals surface area (Å²) in [6, 6.07) is 21.1. The quantitative estimate of drug-likeness (QED) is 0.689. The zero-order valence-corrected chi connectivity index (χ0v) is 16.7. The molecule has 0 radical (unpaired) electrons. The first-order chi connectivity index (χ1) is 13.1. The van der Waals surface area contributed by atoms with Crippen LogP contribution < -0.4 is 0 Å². The molecule has 2 aliphatic heterocycles. The summed E-state index contributed by atoms with van der Waals surface area (Å²) in [7, 11) is 0. The van der Waals surface area contributed by atoms with Gasteiger partial charge in [-0.3, -0.25) is 4.79 Å². The van der Waals surface area contributed by atoms with Crippen LogP contribution in [0.2, 0.25) is 0 Å². The minimum Gasteiger partial charge on any atom is -0.315 e. The van der Waals surface area contributed by atoms with Gasteiger partial charge < -0.3 is 4.48 Å². The Morgan fingerprint density at radius 2 is 1.26 bits per heavy atom. The highest BCUT2D eigenvalue weighted by atomic mass is 16.1. The second-order valence-electron chi connectivity index (χ2n) is 8.74. The van der Waals surface area contributed by atoms with E-state index in [0.29, 0.717) is 5.78 Å². The highest BCUT2D eigenvalue weighted by Crippen LogP contribution is 2.47. The molecule has 2 aliphatic rings. The summed E-state index contributed by atoms with van der Waals surface area (Å²) in [6.45, 7) is 7.94. The lowest BCUT2D eigenvalue weighted by Crippen LogP contribution is -2.70. The number of Topliss-reactive ketones (excluding diaryl/α,β-unsaturated/α-hetero) is 1. The molecule has 0 saturated carbocycles. The first-order valence-electron chi connectivity index (χ1n) is 10.6. The van der Waals surface area contributed by atoms with E-state index in [9.17, 15) is 4.79 Å². The lowest BCUT2D eigenvalue weighted by Gasteiger charge is -2.54.